The Bertz CT molecular complexity index is 636. The molecule has 2 heterocycles. The maximum absolute atomic E-state index is 4.67. The molecule has 0 amide bonds. The molecular formula is C16H20N4. The molecule has 4 heteroatoms. The van der Waals surface area contributed by atoms with E-state index in [4.69, 9.17) is 0 Å². The zero-order valence-corrected chi connectivity index (χ0v) is 12.3. The summed E-state index contributed by atoms with van der Waals surface area (Å²) >= 11 is 0. The lowest BCUT2D eigenvalue weighted by Crippen LogP contribution is -2.28. The predicted octanol–water partition coefficient (Wildman–Crippen LogP) is 2.51. The van der Waals surface area contributed by atoms with E-state index in [9.17, 15) is 0 Å². The number of nitrogens with one attached hydrogen (secondary N) is 1. The minimum Gasteiger partial charge on any atom is -0.329 e. The lowest BCUT2D eigenvalue weighted by molar-refractivity contribution is 0.622. The van der Waals surface area contributed by atoms with Crippen molar-refractivity contribution in [3.05, 3.63) is 46.9 Å². The molecule has 1 N–H and O–H groups in total. The summed E-state index contributed by atoms with van der Waals surface area (Å²) < 4.78 is 0. The van der Waals surface area contributed by atoms with Crippen LogP contribution in [0.25, 0.3) is 0 Å². The summed E-state index contributed by atoms with van der Waals surface area (Å²) in [5, 5.41) is 3.41. The van der Waals surface area contributed by atoms with Crippen molar-refractivity contribution in [2.24, 2.45) is 0 Å². The number of anilines is 2. The average Bonchev–Trinajstić information content (AvgIpc) is 2.45. The number of benzene rings is 1. The Morgan fingerprint density at radius 3 is 2.85 bits per heavy atom. The topological polar surface area (TPSA) is 41.1 Å². The Morgan fingerprint density at radius 1 is 1.20 bits per heavy atom. The first-order valence-electron chi connectivity index (χ1n) is 7.02. The van der Waals surface area contributed by atoms with E-state index in [0.717, 1.165) is 36.8 Å². The molecule has 3 rings (SSSR count). The van der Waals surface area contributed by atoms with Crippen LogP contribution in [0.1, 0.15) is 22.6 Å². The van der Waals surface area contributed by atoms with Crippen LogP contribution < -0.4 is 10.2 Å². The highest BCUT2D eigenvalue weighted by Crippen LogP contribution is 2.28. The van der Waals surface area contributed by atoms with Gasteiger partial charge in [-0.3, -0.25) is 0 Å². The van der Waals surface area contributed by atoms with E-state index in [1.54, 1.807) is 0 Å². The van der Waals surface area contributed by atoms with Crippen molar-refractivity contribution in [1.29, 1.82) is 0 Å². The summed E-state index contributed by atoms with van der Waals surface area (Å²) in [6.45, 7) is 5.92. The molecule has 1 aromatic carbocycles. The van der Waals surface area contributed by atoms with Gasteiger partial charge in [0.2, 0.25) is 0 Å². The van der Waals surface area contributed by atoms with E-state index >= 15 is 0 Å². The standard InChI is InChI=1S/C16H20N4/c1-11-5-4-6-13(9-11)20(3)16-14-10-17-8-7-15(14)18-12(2)19-16/h4-6,9,17H,7-8,10H2,1-3H3. The number of hydrogen-bond acceptors (Lipinski definition) is 4. The fourth-order valence-corrected chi connectivity index (χ4v) is 2.68. The first-order valence-corrected chi connectivity index (χ1v) is 7.02. The van der Waals surface area contributed by atoms with Crippen LogP contribution in [0.5, 0.6) is 0 Å². The number of aromatic nitrogens is 2. The van der Waals surface area contributed by atoms with E-state index in [1.165, 1.54) is 16.8 Å². The normalized spacial score (nSPS) is 13.9. The third-order valence-electron chi connectivity index (χ3n) is 3.73. The molecule has 0 radical (unpaired) electrons. The summed E-state index contributed by atoms with van der Waals surface area (Å²) in [6, 6.07) is 8.49. The average molecular weight is 268 g/mol. The van der Waals surface area contributed by atoms with Gasteiger partial charge in [-0.25, -0.2) is 9.97 Å². The van der Waals surface area contributed by atoms with Crippen molar-refractivity contribution in [2.75, 3.05) is 18.5 Å². The molecule has 0 atom stereocenters. The fraction of sp³-hybridized carbons (Fsp3) is 0.375. The van der Waals surface area contributed by atoms with Gasteiger partial charge in [0.25, 0.3) is 0 Å². The minimum absolute atomic E-state index is 0.847. The van der Waals surface area contributed by atoms with Gasteiger partial charge in [-0.15, -0.1) is 0 Å². The van der Waals surface area contributed by atoms with Gasteiger partial charge >= 0.3 is 0 Å². The summed E-state index contributed by atoms with van der Waals surface area (Å²) in [7, 11) is 2.07. The molecule has 0 aliphatic carbocycles. The molecule has 1 aromatic heterocycles. The van der Waals surface area contributed by atoms with Gasteiger partial charge in [-0.1, -0.05) is 12.1 Å². The summed E-state index contributed by atoms with van der Waals surface area (Å²) in [4.78, 5) is 11.4. The molecule has 0 bridgehead atoms. The van der Waals surface area contributed by atoms with Crippen molar-refractivity contribution >= 4 is 11.5 Å². The minimum atomic E-state index is 0.847. The van der Waals surface area contributed by atoms with Crippen LogP contribution in [0.4, 0.5) is 11.5 Å². The predicted molar refractivity (Wildman–Crippen MR) is 81.4 cm³/mol. The van der Waals surface area contributed by atoms with Gasteiger partial charge in [0, 0.05) is 37.8 Å². The van der Waals surface area contributed by atoms with Crippen molar-refractivity contribution < 1.29 is 0 Å². The molecule has 1 aliphatic heterocycles. The van der Waals surface area contributed by atoms with Crippen molar-refractivity contribution in [1.82, 2.24) is 15.3 Å². The van der Waals surface area contributed by atoms with Crippen LogP contribution >= 0.6 is 0 Å². The van der Waals surface area contributed by atoms with Gasteiger partial charge < -0.3 is 10.2 Å². The Kier molecular flexibility index (Phi) is 3.40. The zero-order valence-electron chi connectivity index (χ0n) is 12.3. The van der Waals surface area contributed by atoms with Crippen LogP contribution in [0, 0.1) is 13.8 Å². The summed E-state index contributed by atoms with van der Waals surface area (Å²) in [5.74, 6) is 1.87. The first-order chi connectivity index (χ1) is 9.65. The van der Waals surface area contributed by atoms with Gasteiger partial charge in [0.1, 0.15) is 11.6 Å². The lowest BCUT2D eigenvalue weighted by Gasteiger charge is -2.26. The second-order valence-corrected chi connectivity index (χ2v) is 5.34. The molecule has 104 valence electrons. The number of aryl methyl sites for hydroxylation is 2. The van der Waals surface area contributed by atoms with Crippen molar-refractivity contribution in [3.8, 4) is 0 Å². The highest BCUT2D eigenvalue weighted by atomic mass is 15.2. The van der Waals surface area contributed by atoms with Gasteiger partial charge in [0.15, 0.2) is 0 Å². The number of hydrogen-bond donors (Lipinski definition) is 1. The van der Waals surface area contributed by atoms with E-state index in [-0.39, 0.29) is 0 Å². The third-order valence-corrected chi connectivity index (χ3v) is 3.73. The van der Waals surface area contributed by atoms with Crippen molar-refractivity contribution in [2.45, 2.75) is 26.8 Å². The zero-order chi connectivity index (χ0) is 14.1. The van der Waals surface area contributed by atoms with Crippen LogP contribution in [0.3, 0.4) is 0 Å². The first kappa shape index (κ1) is 13.1. The Morgan fingerprint density at radius 2 is 2.05 bits per heavy atom. The molecule has 4 nitrogen and oxygen atoms in total. The molecule has 0 saturated heterocycles. The third kappa shape index (κ3) is 2.39. The number of nitrogens with zero attached hydrogens (tertiary/aromatic N) is 3. The second kappa shape index (κ2) is 5.21. The second-order valence-electron chi connectivity index (χ2n) is 5.34. The summed E-state index contributed by atoms with van der Waals surface area (Å²) in [6.07, 6.45) is 0.980. The highest BCUT2D eigenvalue weighted by molar-refractivity contribution is 5.63. The largest absolute Gasteiger partial charge is 0.329 e. The SMILES string of the molecule is Cc1cccc(N(C)c2nc(C)nc3c2CNCC3)c1. The quantitative estimate of drug-likeness (QED) is 0.908. The van der Waals surface area contributed by atoms with Crippen LogP contribution in [-0.2, 0) is 13.0 Å². The molecule has 0 saturated carbocycles. The van der Waals surface area contributed by atoms with Crippen LogP contribution in [0.2, 0.25) is 0 Å². The number of fused-ring (bicyclic) bond motifs is 1. The molecule has 1 aliphatic rings. The molecule has 0 fully saturated rings. The lowest BCUT2D eigenvalue weighted by atomic mass is 10.1. The van der Waals surface area contributed by atoms with Gasteiger partial charge in [-0.2, -0.15) is 0 Å². The van der Waals surface area contributed by atoms with E-state index < -0.39 is 0 Å². The van der Waals surface area contributed by atoms with E-state index in [0.29, 0.717) is 0 Å². The van der Waals surface area contributed by atoms with Crippen molar-refractivity contribution in [3.63, 3.8) is 0 Å². The fourth-order valence-electron chi connectivity index (χ4n) is 2.68. The van der Waals surface area contributed by atoms with Crippen LogP contribution in [0.15, 0.2) is 24.3 Å². The smallest absolute Gasteiger partial charge is 0.141 e. The Labute approximate surface area is 119 Å². The Hall–Kier alpha value is -1.94. The van der Waals surface area contributed by atoms with E-state index in [2.05, 4.69) is 58.4 Å². The molecule has 20 heavy (non-hydrogen) atoms. The van der Waals surface area contributed by atoms with Crippen LogP contribution in [-0.4, -0.2) is 23.6 Å². The maximum atomic E-state index is 4.67. The Balaban J connectivity index is 2.07. The molecular weight excluding hydrogens is 248 g/mol. The van der Waals surface area contributed by atoms with E-state index in [1.807, 2.05) is 6.92 Å². The van der Waals surface area contributed by atoms with Gasteiger partial charge in [-0.05, 0) is 31.5 Å². The molecule has 0 unspecified atom stereocenters. The molecule has 0 spiro atoms. The molecule has 2 aromatic rings. The maximum Gasteiger partial charge on any atom is 0.141 e. The number of rotatable bonds is 2. The summed E-state index contributed by atoms with van der Waals surface area (Å²) in [5.41, 5.74) is 4.83. The highest BCUT2D eigenvalue weighted by Gasteiger charge is 2.19. The monoisotopic (exact) mass is 268 g/mol. The van der Waals surface area contributed by atoms with Gasteiger partial charge in [0.05, 0.1) is 5.69 Å².